The number of amides is 2. The predicted octanol–water partition coefficient (Wildman–Crippen LogP) is 3.64. The Balaban J connectivity index is 1.53. The lowest BCUT2D eigenvalue weighted by Gasteiger charge is -2.11. The Kier molecular flexibility index (Phi) is 7.44. The maximum absolute atomic E-state index is 12.5. The minimum atomic E-state index is -0.434. The van der Waals surface area contributed by atoms with Gasteiger partial charge in [0.05, 0.1) is 12.4 Å². The van der Waals surface area contributed by atoms with E-state index in [0.717, 1.165) is 22.8 Å². The third-order valence-electron chi connectivity index (χ3n) is 5.07. The molecule has 4 rings (SSSR count). The highest BCUT2D eigenvalue weighted by molar-refractivity contribution is 7.99. The lowest BCUT2D eigenvalue weighted by Crippen LogP contribution is -2.33. The van der Waals surface area contributed by atoms with E-state index >= 15 is 0 Å². The van der Waals surface area contributed by atoms with Crippen LogP contribution >= 0.6 is 11.8 Å². The molecular formula is C25H25N5O3S. The normalized spacial score (nSPS) is 10.8. The van der Waals surface area contributed by atoms with Gasteiger partial charge in [0.1, 0.15) is 17.3 Å². The second-order valence-corrected chi connectivity index (χ2v) is 8.44. The van der Waals surface area contributed by atoms with Gasteiger partial charge in [-0.3, -0.25) is 19.5 Å². The number of aryl methyl sites for hydroxylation is 1. The Hall–Kier alpha value is -3.85. The van der Waals surface area contributed by atoms with E-state index in [1.165, 1.54) is 11.8 Å². The van der Waals surface area contributed by atoms with Crippen LogP contribution in [0.5, 0.6) is 5.75 Å². The van der Waals surface area contributed by atoms with Gasteiger partial charge in [0.15, 0.2) is 5.16 Å². The molecule has 1 N–H and O–H groups in total. The second-order valence-electron chi connectivity index (χ2n) is 7.49. The summed E-state index contributed by atoms with van der Waals surface area (Å²) in [7, 11) is 1.75. The number of carbonyl (C=O) groups is 2. The van der Waals surface area contributed by atoms with Gasteiger partial charge in [-0.05, 0) is 48.9 Å². The maximum Gasteiger partial charge on any atom is 0.274 e. The molecule has 2 amide bonds. The van der Waals surface area contributed by atoms with Crippen LogP contribution in [0.2, 0.25) is 0 Å². The standard InChI is InChI=1S/C25H25N5O3S/c1-3-33-20-13-11-19(12-14-20)30-22(16-18-8-5-4-6-9-18)27-28-25(30)34-17-23(31)26-24(32)21-10-7-15-29(21)2/h4-15H,3,16-17H2,1-2H3,(H,26,31,32). The molecule has 0 spiro atoms. The predicted molar refractivity (Wildman–Crippen MR) is 130 cm³/mol. The third-order valence-corrected chi connectivity index (χ3v) is 6.00. The van der Waals surface area contributed by atoms with E-state index in [1.807, 2.05) is 66.1 Å². The summed E-state index contributed by atoms with van der Waals surface area (Å²) in [6.45, 7) is 2.52. The molecule has 8 nitrogen and oxygen atoms in total. The van der Waals surface area contributed by atoms with E-state index in [1.54, 1.807) is 29.9 Å². The first-order valence-corrected chi connectivity index (χ1v) is 11.8. The number of carbonyl (C=O) groups excluding carboxylic acids is 2. The van der Waals surface area contributed by atoms with E-state index < -0.39 is 11.8 Å². The molecule has 0 unspecified atom stereocenters. The number of nitrogens with one attached hydrogen (secondary N) is 1. The quantitative estimate of drug-likeness (QED) is 0.372. The van der Waals surface area contributed by atoms with Gasteiger partial charge in [-0.2, -0.15) is 0 Å². The smallest absolute Gasteiger partial charge is 0.274 e. The molecular weight excluding hydrogens is 450 g/mol. The largest absolute Gasteiger partial charge is 0.494 e. The molecule has 0 saturated heterocycles. The van der Waals surface area contributed by atoms with Gasteiger partial charge in [-0.15, -0.1) is 10.2 Å². The SMILES string of the molecule is CCOc1ccc(-n2c(Cc3ccccc3)nnc2SCC(=O)NC(=O)c2cccn2C)cc1. The summed E-state index contributed by atoms with van der Waals surface area (Å²) in [5, 5.41) is 11.7. The molecule has 0 aliphatic rings. The van der Waals surface area contributed by atoms with Gasteiger partial charge in [-0.1, -0.05) is 42.1 Å². The summed E-state index contributed by atoms with van der Waals surface area (Å²) in [5.74, 6) is 0.712. The molecule has 0 bridgehead atoms. The number of nitrogens with zero attached hydrogens (tertiary/aromatic N) is 4. The first kappa shape index (κ1) is 23.3. The van der Waals surface area contributed by atoms with Crippen LogP contribution in [0.4, 0.5) is 0 Å². The zero-order valence-electron chi connectivity index (χ0n) is 19.0. The average molecular weight is 476 g/mol. The molecule has 2 aromatic heterocycles. The first-order chi connectivity index (χ1) is 16.5. The van der Waals surface area contributed by atoms with Crippen molar-refractivity contribution in [3.8, 4) is 11.4 Å². The van der Waals surface area contributed by atoms with Crippen molar-refractivity contribution in [2.24, 2.45) is 7.05 Å². The zero-order chi connectivity index (χ0) is 23.9. The molecule has 174 valence electrons. The summed E-state index contributed by atoms with van der Waals surface area (Å²) in [6, 6.07) is 21.1. The van der Waals surface area contributed by atoms with Gasteiger partial charge in [0.25, 0.3) is 5.91 Å². The molecule has 4 aromatic rings. The summed E-state index contributed by atoms with van der Waals surface area (Å²) in [4.78, 5) is 24.8. The van der Waals surface area contributed by atoms with Crippen LogP contribution in [0, 0.1) is 0 Å². The van der Waals surface area contributed by atoms with Crippen LogP contribution in [0.1, 0.15) is 28.8 Å². The van der Waals surface area contributed by atoms with E-state index in [9.17, 15) is 9.59 Å². The first-order valence-electron chi connectivity index (χ1n) is 10.8. The molecule has 9 heteroatoms. The minimum Gasteiger partial charge on any atom is -0.494 e. The van der Waals surface area contributed by atoms with Crippen molar-refractivity contribution in [3.63, 3.8) is 0 Å². The van der Waals surface area contributed by atoms with Crippen molar-refractivity contribution in [1.82, 2.24) is 24.6 Å². The molecule has 0 aliphatic carbocycles. The van der Waals surface area contributed by atoms with Crippen LogP contribution in [0.25, 0.3) is 5.69 Å². The molecule has 0 aliphatic heterocycles. The van der Waals surface area contributed by atoms with Crippen LogP contribution in [0.3, 0.4) is 0 Å². The molecule has 34 heavy (non-hydrogen) atoms. The van der Waals surface area contributed by atoms with Crippen molar-refractivity contribution < 1.29 is 14.3 Å². The molecule has 0 atom stereocenters. The number of ether oxygens (including phenoxy) is 1. The van der Waals surface area contributed by atoms with E-state index in [-0.39, 0.29) is 5.75 Å². The fourth-order valence-corrected chi connectivity index (χ4v) is 4.23. The number of hydrogen-bond donors (Lipinski definition) is 1. The van der Waals surface area contributed by atoms with Crippen LogP contribution < -0.4 is 10.1 Å². The number of imide groups is 1. The molecule has 0 saturated carbocycles. The van der Waals surface area contributed by atoms with Crippen molar-refractivity contribution >= 4 is 23.6 Å². The highest BCUT2D eigenvalue weighted by Crippen LogP contribution is 2.25. The Morgan fingerprint density at radius 2 is 1.76 bits per heavy atom. The van der Waals surface area contributed by atoms with E-state index in [0.29, 0.717) is 23.9 Å². The summed E-state index contributed by atoms with van der Waals surface area (Å²) in [5.41, 5.74) is 2.38. The summed E-state index contributed by atoms with van der Waals surface area (Å²) in [6.07, 6.45) is 2.33. The monoisotopic (exact) mass is 475 g/mol. The maximum atomic E-state index is 12.5. The molecule has 2 heterocycles. The summed E-state index contributed by atoms with van der Waals surface area (Å²) >= 11 is 1.23. The fraction of sp³-hybridized carbons (Fsp3) is 0.200. The molecule has 2 aromatic carbocycles. The fourth-order valence-electron chi connectivity index (χ4n) is 3.46. The Morgan fingerprint density at radius 1 is 1.00 bits per heavy atom. The Labute approximate surface area is 202 Å². The van der Waals surface area contributed by atoms with Gasteiger partial charge in [0, 0.05) is 25.4 Å². The number of thioether (sulfide) groups is 1. The van der Waals surface area contributed by atoms with Gasteiger partial charge < -0.3 is 9.30 Å². The molecule has 0 fully saturated rings. The van der Waals surface area contributed by atoms with Crippen LogP contribution in [-0.4, -0.2) is 43.5 Å². The number of rotatable bonds is 9. The number of hydrogen-bond acceptors (Lipinski definition) is 6. The van der Waals surface area contributed by atoms with Crippen molar-refractivity contribution in [3.05, 3.63) is 90.0 Å². The number of aromatic nitrogens is 4. The van der Waals surface area contributed by atoms with Crippen molar-refractivity contribution in [2.45, 2.75) is 18.5 Å². The topological polar surface area (TPSA) is 91.0 Å². The lowest BCUT2D eigenvalue weighted by atomic mass is 10.1. The zero-order valence-corrected chi connectivity index (χ0v) is 19.8. The average Bonchev–Trinajstić information content (AvgIpc) is 3.45. The Bertz CT molecular complexity index is 1270. The van der Waals surface area contributed by atoms with E-state index in [4.69, 9.17) is 4.74 Å². The van der Waals surface area contributed by atoms with E-state index in [2.05, 4.69) is 15.5 Å². The minimum absolute atomic E-state index is 0.0245. The van der Waals surface area contributed by atoms with Crippen LogP contribution in [0.15, 0.2) is 78.1 Å². The van der Waals surface area contributed by atoms with Gasteiger partial charge >= 0.3 is 0 Å². The van der Waals surface area contributed by atoms with Crippen LogP contribution in [-0.2, 0) is 18.3 Å². The highest BCUT2D eigenvalue weighted by Gasteiger charge is 2.18. The summed E-state index contributed by atoms with van der Waals surface area (Å²) < 4.78 is 9.15. The van der Waals surface area contributed by atoms with Crippen molar-refractivity contribution in [1.29, 1.82) is 0 Å². The highest BCUT2D eigenvalue weighted by atomic mass is 32.2. The lowest BCUT2D eigenvalue weighted by molar-refractivity contribution is -0.117. The van der Waals surface area contributed by atoms with Gasteiger partial charge in [0.2, 0.25) is 5.91 Å². The molecule has 0 radical (unpaired) electrons. The van der Waals surface area contributed by atoms with Crippen molar-refractivity contribution in [2.75, 3.05) is 12.4 Å². The van der Waals surface area contributed by atoms with Gasteiger partial charge in [-0.25, -0.2) is 0 Å². The number of benzene rings is 2. The third kappa shape index (κ3) is 5.55. The Morgan fingerprint density at radius 3 is 2.44 bits per heavy atom. The second kappa shape index (κ2) is 10.8.